The lowest BCUT2D eigenvalue weighted by molar-refractivity contribution is 0.102. The van der Waals surface area contributed by atoms with Crippen molar-refractivity contribution >= 4 is 23.2 Å². The van der Waals surface area contributed by atoms with Crippen LogP contribution in [0.15, 0.2) is 30.6 Å². The number of rotatable bonds is 6. The average Bonchev–Trinajstić information content (AvgIpc) is 2.71. The molecule has 0 saturated carbocycles. The second-order valence-electron chi connectivity index (χ2n) is 6.50. The molecule has 7 heteroatoms. The summed E-state index contributed by atoms with van der Waals surface area (Å²) >= 11 is 0. The minimum absolute atomic E-state index is 0.206. The van der Waals surface area contributed by atoms with Gasteiger partial charge in [0.2, 0.25) is 5.95 Å². The van der Waals surface area contributed by atoms with Crippen LogP contribution in [0.3, 0.4) is 0 Å². The summed E-state index contributed by atoms with van der Waals surface area (Å²) in [6.45, 7) is 11.1. The highest BCUT2D eigenvalue weighted by atomic mass is 16.5. The third-order valence-corrected chi connectivity index (χ3v) is 4.78. The zero-order valence-corrected chi connectivity index (χ0v) is 16.2. The van der Waals surface area contributed by atoms with Crippen LogP contribution in [-0.4, -0.2) is 55.3 Å². The van der Waals surface area contributed by atoms with Crippen LogP contribution in [0.5, 0.6) is 0 Å². The SMILES string of the molecule is CCN(CC)c1ccc(NC(=O)c2cnc(N3CCOCC3)nc2)c(C)c1. The summed E-state index contributed by atoms with van der Waals surface area (Å²) < 4.78 is 5.33. The summed E-state index contributed by atoms with van der Waals surface area (Å²) in [6, 6.07) is 6.08. The van der Waals surface area contributed by atoms with Crippen LogP contribution in [0.25, 0.3) is 0 Å². The molecule has 7 nitrogen and oxygen atoms in total. The van der Waals surface area contributed by atoms with Crippen LogP contribution in [0.1, 0.15) is 29.8 Å². The van der Waals surface area contributed by atoms with E-state index in [1.54, 1.807) is 12.4 Å². The van der Waals surface area contributed by atoms with Gasteiger partial charge in [0.05, 0.1) is 18.8 Å². The van der Waals surface area contributed by atoms with Crippen molar-refractivity contribution < 1.29 is 9.53 Å². The Balaban J connectivity index is 1.68. The Morgan fingerprint density at radius 2 is 1.85 bits per heavy atom. The first-order valence-corrected chi connectivity index (χ1v) is 9.44. The fraction of sp³-hybridized carbons (Fsp3) is 0.450. The number of hydrogen-bond donors (Lipinski definition) is 1. The Morgan fingerprint density at radius 3 is 2.44 bits per heavy atom. The molecule has 0 radical (unpaired) electrons. The average molecular weight is 369 g/mol. The van der Waals surface area contributed by atoms with Gasteiger partial charge in [-0.15, -0.1) is 0 Å². The van der Waals surface area contributed by atoms with E-state index in [0.717, 1.165) is 43.1 Å². The molecule has 1 aliphatic heterocycles. The molecule has 1 N–H and O–H groups in total. The summed E-state index contributed by atoms with van der Waals surface area (Å²) in [5.74, 6) is 0.428. The van der Waals surface area contributed by atoms with Crippen molar-refractivity contribution in [1.82, 2.24) is 9.97 Å². The van der Waals surface area contributed by atoms with Gasteiger partial charge in [-0.05, 0) is 44.5 Å². The summed E-state index contributed by atoms with van der Waals surface area (Å²) in [5, 5.41) is 2.96. The van der Waals surface area contributed by atoms with Crippen molar-refractivity contribution in [3.8, 4) is 0 Å². The number of carbonyl (C=O) groups excluding carboxylic acids is 1. The fourth-order valence-electron chi connectivity index (χ4n) is 3.13. The van der Waals surface area contributed by atoms with Crippen LogP contribution in [0.4, 0.5) is 17.3 Å². The molecular formula is C20H27N5O2. The quantitative estimate of drug-likeness (QED) is 0.844. The first-order chi connectivity index (χ1) is 13.1. The van der Waals surface area contributed by atoms with Gasteiger partial charge in [-0.3, -0.25) is 4.79 Å². The first kappa shape index (κ1) is 19.1. The number of aromatic nitrogens is 2. The first-order valence-electron chi connectivity index (χ1n) is 9.44. The lowest BCUT2D eigenvalue weighted by atomic mass is 10.1. The minimum Gasteiger partial charge on any atom is -0.378 e. The zero-order valence-electron chi connectivity index (χ0n) is 16.2. The highest BCUT2D eigenvalue weighted by molar-refractivity contribution is 6.04. The van der Waals surface area contributed by atoms with Gasteiger partial charge in [0, 0.05) is 49.9 Å². The predicted molar refractivity (Wildman–Crippen MR) is 108 cm³/mol. The number of benzene rings is 1. The summed E-state index contributed by atoms with van der Waals surface area (Å²) in [6.07, 6.45) is 3.15. The lowest BCUT2D eigenvalue weighted by Crippen LogP contribution is -2.37. The highest BCUT2D eigenvalue weighted by Gasteiger charge is 2.15. The van der Waals surface area contributed by atoms with Crippen LogP contribution in [-0.2, 0) is 4.74 Å². The molecule has 1 amide bonds. The third kappa shape index (κ3) is 4.54. The number of hydrogen-bond acceptors (Lipinski definition) is 6. The molecule has 2 heterocycles. The summed E-state index contributed by atoms with van der Waals surface area (Å²) in [7, 11) is 0. The van der Waals surface area contributed by atoms with Gasteiger partial charge in [-0.25, -0.2) is 9.97 Å². The largest absolute Gasteiger partial charge is 0.378 e. The van der Waals surface area contributed by atoms with E-state index >= 15 is 0 Å². The Bertz CT molecular complexity index is 768. The van der Waals surface area contributed by atoms with Gasteiger partial charge >= 0.3 is 0 Å². The molecule has 27 heavy (non-hydrogen) atoms. The van der Waals surface area contributed by atoms with E-state index in [9.17, 15) is 4.79 Å². The molecule has 144 valence electrons. The normalized spacial score (nSPS) is 14.1. The van der Waals surface area contributed by atoms with Gasteiger partial charge < -0.3 is 19.9 Å². The van der Waals surface area contributed by atoms with Gasteiger partial charge in [-0.1, -0.05) is 0 Å². The molecule has 1 aromatic carbocycles. The van der Waals surface area contributed by atoms with Gasteiger partial charge in [-0.2, -0.15) is 0 Å². The van der Waals surface area contributed by atoms with Crippen molar-refractivity contribution in [2.24, 2.45) is 0 Å². The molecule has 0 unspecified atom stereocenters. The Morgan fingerprint density at radius 1 is 1.19 bits per heavy atom. The van der Waals surface area contributed by atoms with Crippen molar-refractivity contribution in [3.05, 3.63) is 41.7 Å². The van der Waals surface area contributed by atoms with E-state index in [4.69, 9.17) is 4.74 Å². The predicted octanol–water partition coefficient (Wildman–Crippen LogP) is 2.72. The maximum Gasteiger partial charge on any atom is 0.258 e. The molecule has 3 rings (SSSR count). The van der Waals surface area contributed by atoms with Crippen molar-refractivity contribution in [2.75, 3.05) is 54.5 Å². The Kier molecular flexibility index (Phi) is 6.24. The number of nitrogens with zero attached hydrogens (tertiary/aromatic N) is 4. The monoisotopic (exact) mass is 369 g/mol. The van der Waals surface area contributed by atoms with E-state index in [0.29, 0.717) is 24.7 Å². The molecule has 1 fully saturated rings. The highest BCUT2D eigenvalue weighted by Crippen LogP contribution is 2.23. The summed E-state index contributed by atoms with van der Waals surface area (Å²) in [4.78, 5) is 25.6. The number of anilines is 3. The van der Waals surface area contributed by atoms with E-state index in [1.807, 2.05) is 19.1 Å². The number of carbonyl (C=O) groups is 1. The van der Waals surface area contributed by atoms with E-state index < -0.39 is 0 Å². The molecule has 1 aromatic heterocycles. The second kappa shape index (κ2) is 8.81. The number of nitrogens with one attached hydrogen (secondary N) is 1. The van der Waals surface area contributed by atoms with E-state index in [2.05, 4.69) is 45.0 Å². The van der Waals surface area contributed by atoms with E-state index in [-0.39, 0.29) is 5.91 Å². The van der Waals surface area contributed by atoms with Crippen molar-refractivity contribution in [2.45, 2.75) is 20.8 Å². The zero-order chi connectivity index (χ0) is 19.2. The molecule has 0 bridgehead atoms. The van der Waals surface area contributed by atoms with Crippen LogP contribution in [0, 0.1) is 6.92 Å². The lowest BCUT2D eigenvalue weighted by Gasteiger charge is -2.26. The molecule has 2 aromatic rings. The number of ether oxygens (including phenoxy) is 1. The van der Waals surface area contributed by atoms with Gasteiger partial charge in [0.1, 0.15) is 0 Å². The Labute approximate surface area is 160 Å². The maximum absolute atomic E-state index is 12.5. The molecule has 1 aliphatic rings. The van der Waals surface area contributed by atoms with Crippen molar-refractivity contribution in [3.63, 3.8) is 0 Å². The smallest absolute Gasteiger partial charge is 0.258 e. The topological polar surface area (TPSA) is 70.6 Å². The van der Waals surface area contributed by atoms with E-state index in [1.165, 1.54) is 0 Å². The molecule has 0 atom stereocenters. The standard InChI is InChI=1S/C20H27N5O2/c1-4-24(5-2)17-6-7-18(15(3)12-17)23-19(26)16-13-21-20(22-14-16)25-8-10-27-11-9-25/h6-7,12-14H,4-5,8-11H2,1-3H3,(H,23,26). The minimum atomic E-state index is -0.206. The van der Waals surface area contributed by atoms with Crippen molar-refractivity contribution in [1.29, 1.82) is 0 Å². The van der Waals surface area contributed by atoms with Gasteiger partial charge in [0.15, 0.2) is 0 Å². The van der Waals surface area contributed by atoms with Crippen LogP contribution >= 0.6 is 0 Å². The Hall–Kier alpha value is -2.67. The molecule has 1 saturated heterocycles. The second-order valence-corrected chi connectivity index (χ2v) is 6.50. The van der Waals surface area contributed by atoms with Gasteiger partial charge in [0.25, 0.3) is 5.91 Å². The number of amides is 1. The molecule has 0 aliphatic carbocycles. The maximum atomic E-state index is 12.5. The fourth-order valence-corrected chi connectivity index (χ4v) is 3.13. The summed E-state index contributed by atoms with van der Waals surface area (Å²) in [5.41, 5.74) is 3.43. The molecule has 0 spiro atoms. The van der Waals surface area contributed by atoms with Crippen LogP contribution in [0.2, 0.25) is 0 Å². The molecular weight excluding hydrogens is 342 g/mol. The third-order valence-electron chi connectivity index (χ3n) is 4.78. The number of morpholine rings is 1. The van der Waals surface area contributed by atoms with Crippen LogP contribution < -0.4 is 15.1 Å². The number of aryl methyl sites for hydroxylation is 1.